The van der Waals surface area contributed by atoms with Gasteiger partial charge in [-0.15, -0.1) is 0 Å². The number of alkyl halides is 3. The smallest absolute Gasteiger partial charge is 0.378 e. The summed E-state index contributed by atoms with van der Waals surface area (Å²) < 4.78 is 39.6. The summed E-state index contributed by atoms with van der Waals surface area (Å²) in [6.07, 6.45) is 1.63. The van der Waals surface area contributed by atoms with Crippen LogP contribution in [0, 0.1) is 0 Å². The van der Waals surface area contributed by atoms with Crippen molar-refractivity contribution < 1.29 is 13.2 Å². The van der Waals surface area contributed by atoms with Gasteiger partial charge in [-0.2, -0.15) is 13.2 Å². The van der Waals surface area contributed by atoms with E-state index in [1.807, 2.05) is 23.1 Å². The molecule has 1 fully saturated rings. The van der Waals surface area contributed by atoms with E-state index >= 15 is 0 Å². The van der Waals surface area contributed by atoms with Gasteiger partial charge in [0.05, 0.1) is 22.4 Å². The molecular weight excluding hydrogens is 369 g/mol. The van der Waals surface area contributed by atoms with E-state index in [2.05, 4.69) is 25.9 Å². The number of nitrogens with zero attached hydrogens (tertiary/aromatic N) is 3. The highest BCUT2D eigenvalue weighted by atomic mass is 19.4. The van der Waals surface area contributed by atoms with Crippen LogP contribution in [0.15, 0.2) is 54.3 Å². The molecule has 28 heavy (non-hydrogen) atoms. The van der Waals surface area contributed by atoms with Crippen LogP contribution in [0.1, 0.15) is 5.56 Å². The fourth-order valence-corrected chi connectivity index (χ4v) is 3.37. The molecule has 9 heteroatoms. The fraction of sp³-hybridized carbons (Fsp3) is 0.368. The highest BCUT2D eigenvalue weighted by Crippen LogP contribution is 2.27. The lowest BCUT2D eigenvalue weighted by Crippen LogP contribution is -2.48. The Balaban J connectivity index is 1.52. The molecule has 1 aromatic heterocycles. The highest BCUT2D eigenvalue weighted by molar-refractivity contribution is 5.74. The first-order valence-electron chi connectivity index (χ1n) is 9.15. The van der Waals surface area contributed by atoms with Gasteiger partial charge in [0.15, 0.2) is 0 Å². The number of hydrogen-bond acceptors (Lipinski definition) is 6. The van der Waals surface area contributed by atoms with E-state index in [9.17, 15) is 13.2 Å². The average Bonchev–Trinajstić information content (AvgIpc) is 2.72. The molecule has 1 saturated heterocycles. The van der Waals surface area contributed by atoms with Gasteiger partial charge in [-0.1, -0.05) is 6.07 Å². The van der Waals surface area contributed by atoms with Crippen LogP contribution >= 0.6 is 0 Å². The molecule has 3 heterocycles. The number of piperazine rings is 1. The van der Waals surface area contributed by atoms with Crippen LogP contribution in [0.5, 0.6) is 0 Å². The van der Waals surface area contributed by atoms with E-state index < -0.39 is 12.2 Å². The Morgan fingerprint density at radius 2 is 1.86 bits per heavy atom. The molecule has 0 saturated carbocycles. The van der Waals surface area contributed by atoms with Gasteiger partial charge < -0.3 is 20.9 Å². The second kappa shape index (κ2) is 7.67. The third-order valence-electron chi connectivity index (χ3n) is 4.83. The zero-order chi connectivity index (χ0) is 19.6. The summed E-state index contributed by atoms with van der Waals surface area (Å²) in [6.45, 7) is 3.30. The van der Waals surface area contributed by atoms with Crippen LogP contribution in [-0.4, -0.2) is 53.3 Å². The van der Waals surface area contributed by atoms with E-state index in [1.54, 1.807) is 12.4 Å². The SMILES string of the molecule is FC(F)(F)C1C=C(N2CCNCC2)C(NCc2ccc3nccnc3c2)=CN1. The average molecular weight is 390 g/mol. The minimum absolute atomic E-state index is 0.472. The number of halogens is 3. The van der Waals surface area contributed by atoms with Crippen LogP contribution in [0.4, 0.5) is 13.2 Å². The third kappa shape index (κ3) is 4.04. The molecule has 1 aromatic carbocycles. The van der Waals surface area contributed by atoms with Crippen molar-refractivity contribution in [3.63, 3.8) is 0 Å². The Bertz CT molecular complexity index is 902. The topological polar surface area (TPSA) is 65.1 Å². The van der Waals surface area contributed by atoms with E-state index in [1.165, 1.54) is 12.3 Å². The first kappa shape index (κ1) is 18.5. The Kier molecular flexibility index (Phi) is 5.08. The predicted octanol–water partition coefficient (Wildman–Crippen LogP) is 1.88. The lowest BCUT2D eigenvalue weighted by molar-refractivity contribution is -0.142. The van der Waals surface area contributed by atoms with Crippen molar-refractivity contribution in [1.29, 1.82) is 0 Å². The van der Waals surface area contributed by atoms with Crippen molar-refractivity contribution in [1.82, 2.24) is 30.8 Å². The molecule has 6 nitrogen and oxygen atoms in total. The molecular formula is C19H21F3N6. The van der Waals surface area contributed by atoms with Gasteiger partial charge >= 0.3 is 6.18 Å². The highest BCUT2D eigenvalue weighted by Gasteiger charge is 2.40. The van der Waals surface area contributed by atoms with Crippen molar-refractivity contribution in [2.24, 2.45) is 0 Å². The van der Waals surface area contributed by atoms with Crippen LogP contribution in [-0.2, 0) is 6.54 Å². The number of nitrogens with one attached hydrogen (secondary N) is 3. The quantitative estimate of drug-likeness (QED) is 0.741. The maximum atomic E-state index is 13.2. The lowest BCUT2D eigenvalue weighted by Gasteiger charge is -2.36. The Morgan fingerprint density at radius 1 is 1.11 bits per heavy atom. The summed E-state index contributed by atoms with van der Waals surface area (Å²) >= 11 is 0. The summed E-state index contributed by atoms with van der Waals surface area (Å²) in [5, 5.41) is 8.95. The van der Waals surface area contributed by atoms with Crippen molar-refractivity contribution in [3.8, 4) is 0 Å². The van der Waals surface area contributed by atoms with Crippen molar-refractivity contribution in [2.45, 2.75) is 18.8 Å². The Hall–Kier alpha value is -2.81. The maximum Gasteiger partial charge on any atom is 0.412 e. The summed E-state index contributed by atoms with van der Waals surface area (Å²) in [6, 6.07) is 4.07. The maximum absolute atomic E-state index is 13.2. The Labute approximate surface area is 160 Å². The number of rotatable bonds is 4. The number of fused-ring (bicyclic) bond motifs is 1. The molecule has 2 aliphatic rings. The van der Waals surface area contributed by atoms with Gasteiger partial charge in [0.25, 0.3) is 0 Å². The lowest BCUT2D eigenvalue weighted by atomic mass is 10.1. The summed E-state index contributed by atoms with van der Waals surface area (Å²) in [7, 11) is 0. The largest absolute Gasteiger partial charge is 0.412 e. The summed E-state index contributed by atoms with van der Waals surface area (Å²) in [5.41, 5.74) is 3.81. The number of aromatic nitrogens is 2. The molecule has 4 rings (SSSR count). The van der Waals surface area contributed by atoms with Crippen LogP contribution in [0.3, 0.4) is 0 Å². The minimum atomic E-state index is -4.33. The van der Waals surface area contributed by atoms with E-state index in [-0.39, 0.29) is 0 Å². The van der Waals surface area contributed by atoms with Crippen molar-refractivity contribution >= 4 is 11.0 Å². The van der Waals surface area contributed by atoms with E-state index in [0.29, 0.717) is 31.0 Å². The third-order valence-corrected chi connectivity index (χ3v) is 4.83. The second-order valence-corrected chi connectivity index (χ2v) is 6.77. The zero-order valence-corrected chi connectivity index (χ0v) is 15.1. The minimum Gasteiger partial charge on any atom is -0.378 e. The number of dihydropyridines is 1. The molecule has 0 spiro atoms. The van der Waals surface area contributed by atoms with Gasteiger partial charge in [0.1, 0.15) is 6.04 Å². The van der Waals surface area contributed by atoms with E-state index in [0.717, 1.165) is 29.7 Å². The molecule has 0 aliphatic carbocycles. The zero-order valence-electron chi connectivity index (χ0n) is 15.1. The van der Waals surface area contributed by atoms with Crippen LogP contribution in [0.2, 0.25) is 0 Å². The van der Waals surface area contributed by atoms with Gasteiger partial charge in [-0.3, -0.25) is 9.97 Å². The second-order valence-electron chi connectivity index (χ2n) is 6.77. The molecule has 0 bridgehead atoms. The van der Waals surface area contributed by atoms with Crippen LogP contribution in [0.25, 0.3) is 11.0 Å². The van der Waals surface area contributed by atoms with Gasteiger partial charge in [0, 0.05) is 51.3 Å². The Morgan fingerprint density at radius 3 is 2.61 bits per heavy atom. The molecule has 148 valence electrons. The number of hydrogen-bond donors (Lipinski definition) is 3. The summed E-state index contributed by atoms with van der Waals surface area (Å²) in [5.74, 6) is 0. The first-order valence-corrected chi connectivity index (χ1v) is 9.15. The summed E-state index contributed by atoms with van der Waals surface area (Å²) in [4.78, 5) is 10.5. The monoisotopic (exact) mass is 390 g/mol. The normalized spacial score (nSPS) is 20.4. The standard InChI is InChI=1S/C19H21F3N6/c20-19(21,22)18-10-17(28-7-5-23-6-8-28)16(12-27-18)26-11-13-1-2-14-15(9-13)25-4-3-24-14/h1-4,9-10,12,18,23,26-27H,5-8,11H2. The molecule has 0 radical (unpaired) electrons. The van der Waals surface area contributed by atoms with Gasteiger partial charge in [-0.05, 0) is 23.8 Å². The van der Waals surface area contributed by atoms with Gasteiger partial charge in [0.2, 0.25) is 0 Å². The molecule has 1 unspecified atom stereocenters. The molecule has 2 aliphatic heterocycles. The predicted molar refractivity (Wildman–Crippen MR) is 100.0 cm³/mol. The molecule has 0 amide bonds. The van der Waals surface area contributed by atoms with Crippen molar-refractivity contribution in [2.75, 3.05) is 26.2 Å². The molecule has 1 atom stereocenters. The fourth-order valence-electron chi connectivity index (χ4n) is 3.37. The molecule has 3 N–H and O–H groups in total. The van der Waals surface area contributed by atoms with E-state index in [4.69, 9.17) is 0 Å². The number of benzene rings is 1. The first-order chi connectivity index (χ1) is 13.5. The van der Waals surface area contributed by atoms with Crippen molar-refractivity contribution in [3.05, 3.63) is 59.8 Å². The van der Waals surface area contributed by atoms with Gasteiger partial charge in [-0.25, -0.2) is 0 Å². The molecule has 2 aromatic rings. The van der Waals surface area contributed by atoms with Crippen LogP contribution < -0.4 is 16.0 Å².